The van der Waals surface area contributed by atoms with Crippen LogP contribution in [0.25, 0.3) is 0 Å². The van der Waals surface area contributed by atoms with Crippen LogP contribution in [0.5, 0.6) is 0 Å². The van der Waals surface area contributed by atoms with Crippen LogP contribution in [0, 0.1) is 5.92 Å². The summed E-state index contributed by atoms with van der Waals surface area (Å²) < 4.78 is 0. The zero-order chi connectivity index (χ0) is 13.5. The zero-order valence-electron chi connectivity index (χ0n) is 12.4. The lowest BCUT2D eigenvalue weighted by atomic mass is 9.82. The Hall–Kier alpha value is -1.02. The standard InChI is InChI=1S/C17H26N2/c1-17(2,3)14-6-4-5-7-15(14)18-16-12-19-10-8-13(16)9-11-19/h4-7,13,16,18H,8-12H2,1-3H3. The van der Waals surface area contributed by atoms with Crippen LogP contribution in [-0.2, 0) is 5.41 Å². The Labute approximate surface area is 117 Å². The minimum Gasteiger partial charge on any atom is -0.381 e. The van der Waals surface area contributed by atoms with Gasteiger partial charge in [-0.2, -0.15) is 0 Å². The molecule has 0 aromatic heterocycles. The second kappa shape index (κ2) is 4.82. The molecule has 3 aliphatic rings. The van der Waals surface area contributed by atoms with E-state index in [2.05, 4.69) is 55.3 Å². The van der Waals surface area contributed by atoms with E-state index in [0.29, 0.717) is 6.04 Å². The Kier molecular flexibility index (Phi) is 3.30. The molecule has 3 aliphatic heterocycles. The van der Waals surface area contributed by atoms with Gasteiger partial charge in [0, 0.05) is 18.3 Å². The maximum atomic E-state index is 3.85. The van der Waals surface area contributed by atoms with Crippen molar-refractivity contribution in [3.8, 4) is 0 Å². The fourth-order valence-corrected chi connectivity index (χ4v) is 3.59. The molecular weight excluding hydrogens is 232 g/mol. The van der Waals surface area contributed by atoms with Crippen LogP contribution in [0.3, 0.4) is 0 Å². The monoisotopic (exact) mass is 258 g/mol. The van der Waals surface area contributed by atoms with Crippen LogP contribution < -0.4 is 5.32 Å². The lowest BCUT2D eigenvalue weighted by Crippen LogP contribution is -2.53. The maximum Gasteiger partial charge on any atom is 0.0417 e. The summed E-state index contributed by atoms with van der Waals surface area (Å²) in [6.45, 7) is 10.7. The van der Waals surface area contributed by atoms with Crippen molar-refractivity contribution in [3.63, 3.8) is 0 Å². The summed E-state index contributed by atoms with van der Waals surface area (Å²) in [7, 11) is 0. The predicted molar refractivity (Wildman–Crippen MR) is 81.7 cm³/mol. The number of fused-ring (bicyclic) bond motifs is 3. The summed E-state index contributed by atoms with van der Waals surface area (Å²) in [5.74, 6) is 0.873. The van der Waals surface area contributed by atoms with E-state index in [1.54, 1.807) is 0 Å². The van der Waals surface area contributed by atoms with Gasteiger partial charge in [-0.3, -0.25) is 0 Å². The van der Waals surface area contributed by atoms with E-state index in [0.717, 1.165) is 5.92 Å². The minimum atomic E-state index is 0.206. The summed E-state index contributed by atoms with van der Waals surface area (Å²) in [6.07, 6.45) is 2.74. The number of hydrogen-bond acceptors (Lipinski definition) is 2. The first kappa shape index (κ1) is 13.0. The Morgan fingerprint density at radius 3 is 2.37 bits per heavy atom. The average Bonchev–Trinajstić information content (AvgIpc) is 2.39. The number of para-hydroxylation sites is 1. The molecule has 1 unspecified atom stereocenters. The molecule has 1 aromatic carbocycles. The van der Waals surface area contributed by atoms with Crippen molar-refractivity contribution in [2.24, 2.45) is 5.92 Å². The van der Waals surface area contributed by atoms with Crippen molar-refractivity contribution in [1.29, 1.82) is 0 Å². The molecule has 0 aliphatic carbocycles. The van der Waals surface area contributed by atoms with Crippen molar-refractivity contribution >= 4 is 5.69 Å². The molecule has 1 aromatic rings. The molecule has 3 saturated heterocycles. The third-order valence-corrected chi connectivity index (χ3v) is 4.73. The normalized spacial score (nSPS) is 30.4. The lowest BCUT2D eigenvalue weighted by Gasteiger charge is -2.45. The molecule has 104 valence electrons. The van der Waals surface area contributed by atoms with Crippen molar-refractivity contribution in [2.45, 2.75) is 45.1 Å². The molecule has 1 N–H and O–H groups in total. The van der Waals surface area contributed by atoms with Crippen molar-refractivity contribution in [2.75, 3.05) is 25.0 Å². The average molecular weight is 258 g/mol. The van der Waals surface area contributed by atoms with E-state index in [-0.39, 0.29) is 5.41 Å². The number of piperidine rings is 3. The van der Waals surface area contributed by atoms with Crippen molar-refractivity contribution < 1.29 is 0 Å². The predicted octanol–water partition coefficient (Wildman–Crippen LogP) is 3.49. The Morgan fingerprint density at radius 1 is 1.11 bits per heavy atom. The van der Waals surface area contributed by atoms with Crippen LogP contribution >= 0.6 is 0 Å². The number of nitrogens with one attached hydrogen (secondary N) is 1. The van der Waals surface area contributed by atoms with Gasteiger partial charge in [0.25, 0.3) is 0 Å². The lowest BCUT2D eigenvalue weighted by molar-refractivity contribution is 0.0975. The number of rotatable bonds is 2. The highest BCUT2D eigenvalue weighted by Gasteiger charge is 2.34. The summed E-state index contributed by atoms with van der Waals surface area (Å²) >= 11 is 0. The summed E-state index contributed by atoms with van der Waals surface area (Å²) in [5.41, 5.74) is 2.98. The molecule has 0 radical (unpaired) electrons. The molecule has 3 fully saturated rings. The van der Waals surface area contributed by atoms with Crippen LogP contribution in [0.2, 0.25) is 0 Å². The van der Waals surface area contributed by atoms with Gasteiger partial charge in [-0.1, -0.05) is 39.0 Å². The second-order valence-corrected chi connectivity index (χ2v) is 7.18. The van der Waals surface area contributed by atoms with Gasteiger partial charge in [0.1, 0.15) is 0 Å². The highest BCUT2D eigenvalue weighted by atomic mass is 15.2. The highest BCUT2D eigenvalue weighted by molar-refractivity contribution is 5.55. The first-order valence-corrected chi connectivity index (χ1v) is 7.62. The van der Waals surface area contributed by atoms with Crippen LogP contribution in [-0.4, -0.2) is 30.6 Å². The Bertz CT molecular complexity index is 439. The number of hydrogen-bond donors (Lipinski definition) is 1. The molecule has 0 amide bonds. The van der Waals surface area contributed by atoms with Crippen molar-refractivity contribution in [1.82, 2.24) is 4.90 Å². The van der Waals surface area contributed by atoms with Gasteiger partial charge in [-0.15, -0.1) is 0 Å². The topological polar surface area (TPSA) is 15.3 Å². The van der Waals surface area contributed by atoms with Crippen LogP contribution in [0.4, 0.5) is 5.69 Å². The van der Waals surface area contributed by atoms with Crippen LogP contribution in [0.1, 0.15) is 39.2 Å². The van der Waals surface area contributed by atoms with Crippen molar-refractivity contribution in [3.05, 3.63) is 29.8 Å². The van der Waals surface area contributed by atoms with Gasteiger partial charge in [0.2, 0.25) is 0 Å². The smallest absolute Gasteiger partial charge is 0.0417 e. The third kappa shape index (κ3) is 2.64. The van der Waals surface area contributed by atoms with E-state index in [1.165, 1.54) is 43.7 Å². The fourth-order valence-electron chi connectivity index (χ4n) is 3.59. The summed E-state index contributed by atoms with van der Waals surface area (Å²) in [6, 6.07) is 9.47. The molecule has 1 atom stereocenters. The van der Waals surface area contributed by atoms with E-state index in [1.807, 2.05) is 0 Å². The molecule has 3 heterocycles. The summed E-state index contributed by atoms with van der Waals surface area (Å²) in [4.78, 5) is 2.61. The number of anilines is 1. The third-order valence-electron chi connectivity index (χ3n) is 4.73. The van der Waals surface area contributed by atoms with Gasteiger partial charge >= 0.3 is 0 Å². The van der Waals surface area contributed by atoms with E-state index in [9.17, 15) is 0 Å². The van der Waals surface area contributed by atoms with E-state index >= 15 is 0 Å². The SMILES string of the molecule is CC(C)(C)c1ccccc1NC1CN2CCC1CC2. The maximum absolute atomic E-state index is 3.85. The summed E-state index contributed by atoms with van der Waals surface area (Å²) in [5, 5.41) is 3.85. The van der Waals surface area contributed by atoms with Gasteiger partial charge in [-0.25, -0.2) is 0 Å². The molecule has 2 heteroatoms. The largest absolute Gasteiger partial charge is 0.381 e. The van der Waals surface area contributed by atoms with Gasteiger partial charge in [0.15, 0.2) is 0 Å². The molecule has 0 saturated carbocycles. The molecule has 4 rings (SSSR count). The first-order chi connectivity index (χ1) is 9.04. The number of nitrogens with zero attached hydrogens (tertiary/aromatic N) is 1. The number of benzene rings is 1. The van der Waals surface area contributed by atoms with Gasteiger partial charge in [0.05, 0.1) is 0 Å². The zero-order valence-corrected chi connectivity index (χ0v) is 12.4. The molecule has 2 bridgehead atoms. The second-order valence-electron chi connectivity index (χ2n) is 7.18. The highest BCUT2D eigenvalue weighted by Crippen LogP contribution is 2.33. The van der Waals surface area contributed by atoms with Gasteiger partial charge in [-0.05, 0) is 48.9 Å². The molecule has 19 heavy (non-hydrogen) atoms. The molecular formula is C17H26N2. The van der Waals surface area contributed by atoms with Crippen LogP contribution in [0.15, 0.2) is 24.3 Å². The van der Waals surface area contributed by atoms with E-state index < -0.39 is 0 Å². The van der Waals surface area contributed by atoms with E-state index in [4.69, 9.17) is 0 Å². The first-order valence-electron chi connectivity index (χ1n) is 7.62. The Balaban J connectivity index is 1.80. The Morgan fingerprint density at radius 2 is 1.79 bits per heavy atom. The van der Waals surface area contributed by atoms with Gasteiger partial charge < -0.3 is 10.2 Å². The molecule has 2 nitrogen and oxygen atoms in total. The quantitative estimate of drug-likeness (QED) is 0.873. The molecule has 0 spiro atoms. The minimum absolute atomic E-state index is 0.206. The fraction of sp³-hybridized carbons (Fsp3) is 0.647.